The van der Waals surface area contributed by atoms with Crippen LogP contribution >= 0.6 is 0 Å². The molecule has 3 heterocycles. The van der Waals surface area contributed by atoms with Gasteiger partial charge >= 0.3 is 0 Å². The van der Waals surface area contributed by atoms with E-state index in [9.17, 15) is 0 Å². The molecule has 12 aliphatic carbocycles. The quantitative estimate of drug-likeness (QED) is 0.302. The maximum Gasteiger partial charge on any atom is 0.0745 e. The number of allylic oxidation sites excluding steroid dienone is 2. The van der Waals surface area contributed by atoms with Gasteiger partial charge in [0.15, 0.2) is 0 Å². The molecule has 246 valence electrons. The van der Waals surface area contributed by atoms with Gasteiger partial charge in [0.1, 0.15) is 0 Å². The maximum absolute atomic E-state index is 8.21. The Bertz CT molecular complexity index is 1610. The Kier molecular flexibility index (Phi) is 4.40. The maximum atomic E-state index is 8.21. The monoisotopic (exact) mass is 620 g/mol. The number of methoxy groups -OCH3 is 1. The molecule has 0 aromatic carbocycles. The lowest BCUT2D eigenvalue weighted by Gasteiger charge is -2.70. The van der Waals surface area contributed by atoms with Crippen LogP contribution in [0.2, 0.25) is 0 Å². The van der Waals surface area contributed by atoms with Crippen LogP contribution in [0.1, 0.15) is 104 Å². The highest BCUT2D eigenvalue weighted by Gasteiger charge is 2.87. The van der Waals surface area contributed by atoms with Gasteiger partial charge in [0.25, 0.3) is 0 Å². The van der Waals surface area contributed by atoms with E-state index in [0.717, 1.165) is 29.6 Å². The van der Waals surface area contributed by atoms with Crippen molar-refractivity contribution in [2.75, 3.05) is 27.2 Å². The minimum Gasteiger partial charge on any atom is -0.381 e. The zero-order valence-corrected chi connectivity index (χ0v) is 29.0. The number of aliphatic imine (C=N–C) groups is 1. The number of likely N-dealkylation sites (tertiary alicyclic amines) is 1. The van der Waals surface area contributed by atoms with Crippen molar-refractivity contribution in [3.63, 3.8) is 0 Å². The smallest absolute Gasteiger partial charge is 0.0745 e. The van der Waals surface area contributed by atoms with E-state index >= 15 is 0 Å². The van der Waals surface area contributed by atoms with Crippen LogP contribution in [0.3, 0.4) is 0 Å². The highest BCUT2D eigenvalue weighted by molar-refractivity contribution is 5.69. The van der Waals surface area contributed by atoms with Crippen LogP contribution in [0.4, 0.5) is 0 Å². The first-order chi connectivity index (χ1) is 22.2. The van der Waals surface area contributed by atoms with E-state index in [1.165, 1.54) is 103 Å². The number of piperidine rings is 1. The minimum absolute atomic E-state index is 0.0339. The first kappa shape index (κ1) is 26.8. The van der Waals surface area contributed by atoms with Crippen molar-refractivity contribution in [1.29, 1.82) is 0 Å². The number of nitrogens with zero attached hydrogens (tertiary/aromatic N) is 2. The molecule has 2 saturated heterocycles. The molecule has 3 aliphatic heterocycles. The SMILES string of the molecule is CO[C@H]1[C@@H]2[C@H]3N=C[C@]4(C)CCC[C@]35[C@@H]3C[C@H]1[C@@]1(CC[C@@]67[C@@H]8C[C@]9(CCC%10=C(C[C@@H]%11CN(C)C[C@@]%10(C)C%11)C9=C[C@@H]86)[C@H]7O1)C[C@]23CC[C@@H]54. The van der Waals surface area contributed by atoms with Gasteiger partial charge in [-0.1, -0.05) is 31.9 Å². The molecule has 12 bridgehead atoms. The first-order valence-electron chi connectivity index (χ1n) is 20.1. The van der Waals surface area contributed by atoms with Crippen molar-refractivity contribution >= 4 is 6.21 Å². The van der Waals surface area contributed by atoms with Crippen molar-refractivity contribution in [1.82, 2.24) is 4.90 Å². The summed E-state index contributed by atoms with van der Waals surface area (Å²) in [6.45, 7) is 7.77. The lowest BCUT2D eigenvalue weighted by molar-refractivity contribution is -0.308. The fourth-order valence-corrected chi connectivity index (χ4v) is 19.4. The Balaban J connectivity index is 0.914. The van der Waals surface area contributed by atoms with Crippen LogP contribution in [0, 0.1) is 73.9 Å². The summed E-state index contributed by atoms with van der Waals surface area (Å²) in [5.41, 5.74) is 7.95. The van der Waals surface area contributed by atoms with Crippen molar-refractivity contribution in [2.45, 2.75) is 128 Å². The van der Waals surface area contributed by atoms with Gasteiger partial charge in [0, 0.05) is 65.3 Å². The first-order valence-corrected chi connectivity index (χ1v) is 20.1. The van der Waals surface area contributed by atoms with E-state index < -0.39 is 0 Å². The van der Waals surface area contributed by atoms with Gasteiger partial charge in [-0.3, -0.25) is 4.99 Å². The third-order valence-electron chi connectivity index (χ3n) is 20.0. The standard InChI is InChI=1S/C42H56N2O2/c1-36-8-5-9-42-30(36)7-11-39-20-40(28(16-31(39)42)33(45-4)32(39)34(42)43-21-36)12-13-41-27-15-26-24-14-23-17-37(2,22-44(3)19-23)25(24)6-10-38(26,18-29(27)41)35(41)46-40/h15,21,23,27-35H,5-14,16-20,22H2,1-4H3/t23-,27-,28+,29+,30+,31+,32+,33+,34+,35+,36-,37+,38-,39-,40+,41-,42-/m0/s1. The lowest BCUT2D eigenvalue weighted by Crippen LogP contribution is -2.70. The van der Waals surface area contributed by atoms with Crippen molar-refractivity contribution in [3.05, 3.63) is 22.8 Å². The number of hydrogen-bond donors (Lipinski definition) is 0. The zero-order valence-electron chi connectivity index (χ0n) is 29.0. The van der Waals surface area contributed by atoms with Crippen LogP contribution in [0.25, 0.3) is 0 Å². The van der Waals surface area contributed by atoms with Crippen molar-refractivity contribution < 1.29 is 9.47 Å². The second-order valence-corrected chi connectivity index (χ2v) is 21.1. The Labute approximate surface area is 276 Å². The van der Waals surface area contributed by atoms with Crippen LogP contribution in [0.15, 0.2) is 27.8 Å². The summed E-state index contributed by atoms with van der Waals surface area (Å²) >= 11 is 0. The molecule has 17 atom stereocenters. The van der Waals surface area contributed by atoms with Crippen LogP contribution < -0.4 is 0 Å². The molecule has 8 saturated carbocycles. The molecule has 10 fully saturated rings. The summed E-state index contributed by atoms with van der Waals surface area (Å²) in [6.07, 6.45) is 25.6. The molecule has 0 radical (unpaired) electrons. The molecule has 0 N–H and O–H groups in total. The predicted octanol–water partition coefficient (Wildman–Crippen LogP) is 7.63. The summed E-state index contributed by atoms with van der Waals surface area (Å²) in [5, 5.41) is 0. The van der Waals surface area contributed by atoms with Gasteiger partial charge in [0.05, 0.1) is 23.9 Å². The molecular weight excluding hydrogens is 564 g/mol. The molecule has 15 aliphatic rings. The van der Waals surface area contributed by atoms with Gasteiger partial charge in [-0.15, -0.1) is 0 Å². The Morgan fingerprint density at radius 1 is 1.00 bits per heavy atom. The fraction of sp³-hybridized carbons (Fsp3) is 0.881. The highest BCUT2D eigenvalue weighted by atomic mass is 16.5. The lowest BCUT2D eigenvalue weighted by atomic mass is 9.38. The van der Waals surface area contributed by atoms with Crippen LogP contribution in [-0.2, 0) is 9.47 Å². The summed E-state index contributed by atoms with van der Waals surface area (Å²) < 4.78 is 15.0. The van der Waals surface area contributed by atoms with E-state index in [4.69, 9.17) is 14.5 Å². The van der Waals surface area contributed by atoms with Gasteiger partial charge in [-0.05, 0) is 137 Å². The number of hydrogen-bond acceptors (Lipinski definition) is 4. The Morgan fingerprint density at radius 2 is 1.91 bits per heavy atom. The molecule has 15 rings (SSSR count). The molecule has 4 nitrogen and oxygen atoms in total. The van der Waals surface area contributed by atoms with E-state index in [1.54, 1.807) is 0 Å². The molecule has 0 unspecified atom stereocenters. The van der Waals surface area contributed by atoms with Crippen LogP contribution in [0.5, 0.6) is 0 Å². The largest absolute Gasteiger partial charge is 0.381 e. The Morgan fingerprint density at radius 3 is 2.80 bits per heavy atom. The van der Waals surface area contributed by atoms with Gasteiger partial charge in [-0.25, -0.2) is 0 Å². The molecular formula is C42H56N2O2. The number of rotatable bonds is 1. The summed E-state index contributed by atoms with van der Waals surface area (Å²) in [7, 11) is 4.45. The highest BCUT2D eigenvalue weighted by Crippen LogP contribution is 2.88. The zero-order chi connectivity index (χ0) is 30.4. The van der Waals surface area contributed by atoms with Crippen LogP contribution in [-0.4, -0.2) is 62.2 Å². The summed E-state index contributed by atoms with van der Waals surface area (Å²) in [5.74, 6) is 5.45. The van der Waals surface area contributed by atoms with E-state index in [2.05, 4.69) is 45.2 Å². The average molecular weight is 621 g/mol. The van der Waals surface area contributed by atoms with E-state index in [0.29, 0.717) is 62.6 Å². The molecule has 0 aromatic heterocycles. The molecule has 5 spiro atoms. The average Bonchev–Trinajstić information content (AvgIpc) is 3.54. The Hall–Kier alpha value is -0.970. The molecule has 46 heavy (non-hydrogen) atoms. The van der Waals surface area contributed by atoms with Gasteiger partial charge < -0.3 is 14.4 Å². The van der Waals surface area contributed by atoms with Gasteiger partial charge in [0.2, 0.25) is 0 Å². The third kappa shape index (κ3) is 2.45. The molecule has 0 aromatic rings. The topological polar surface area (TPSA) is 34.1 Å². The third-order valence-corrected chi connectivity index (χ3v) is 20.0. The fourth-order valence-electron chi connectivity index (χ4n) is 19.4. The summed E-state index contributed by atoms with van der Waals surface area (Å²) in [4.78, 5) is 8.28. The van der Waals surface area contributed by atoms with Crippen molar-refractivity contribution in [2.24, 2.45) is 78.9 Å². The second kappa shape index (κ2) is 7.53. The minimum atomic E-state index is 0.0339. The van der Waals surface area contributed by atoms with Crippen molar-refractivity contribution in [3.8, 4) is 0 Å². The molecule has 4 heteroatoms. The second-order valence-electron chi connectivity index (χ2n) is 21.1. The van der Waals surface area contributed by atoms with E-state index in [-0.39, 0.29) is 5.60 Å². The predicted molar refractivity (Wildman–Crippen MR) is 178 cm³/mol. The summed E-state index contributed by atoms with van der Waals surface area (Å²) in [6, 6.07) is 0.513. The molecule has 0 amide bonds. The number of ether oxygens (including phenoxy) is 2. The van der Waals surface area contributed by atoms with Gasteiger partial charge in [-0.2, -0.15) is 0 Å². The number of fused-ring (bicyclic) bond motifs is 3. The van der Waals surface area contributed by atoms with E-state index in [1.807, 2.05) is 16.7 Å². The normalized spacial score (nSPS) is 66.7.